The van der Waals surface area contributed by atoms with Crippen LogP contribution in [0.15, 0.2) is 215 Å². The average molecular weight is 1130 g/mol. The number of furan rings is 2. The van der Waals surface area contributed by atoms with E-state index in [1.165, 1.54) is 73.2 Å². The minimum absolute atomic E-state index is 0.147. The van der Waals surface area contributed by atoms with Gasteiger partial charge in [0.2, 0.25) is 0 Å². The van der Waals surface area contributed by atoms with Gasteiger partial charge in [-0.1, -0.05) is 195 Å². The molecule has 4 heterocycles. The molecule has 14 rings (SSSR count). The van der Waals surface area contributed by atoms with E-state index in [1.54, 1.807) is 0 Å². The average Bonchev–Trinajstić information content (AvgIpc) is 1.59. The second-order valence-electron chi connectivity index (χ2n) is 23.1. The Bertz CT molecular complexity index is 4380. The van der Waals surface area contributed by atoms with Crippen molar-refractivity contribution in [1.29, 1.82) is 0 Å². The molecule has 0 radical (unpaired) electrons. The van der Waals surface area contributed by atoms with Gasteiger partial charge in [0.15, 0.2) is 0 Å². The number of nitrogens with zero attached hydrogens (tertiary/aromatic N) is 4. The number of aryl methyl sites for hydroxylation is 5. The maximum Gasteiger partial charge on any atom is 0.143 e. The van der Waals surface area contributed by atoms with E-state index in [-0.39, 0.29) is 17.7 Å². The fraction of sp³-hybridized carbons (Fsp3) is 0.250. The van der Waals surface area contributed by atoms with Gasteiger partial charge in [0.05, 0.1) is 22.7 Å². The van der Waals surface area contributed by atoms with Crippen LogP contribution in [0.4, 0.5) is 45.5 Å². The lowest BCUT2D eigenvalue weighted by atomic mass is 9.76. The first-order chi connectivity index (χ1) is 42.0. The van der Waals surface area contributed by atoms with E-state index < -0.39 is 0 Å². The van der Waals surface area contributed by atoms with E-state index in [4.69, 9.17) is 8.83 Å². The van der Waals surface area contributed by atoms with Gasteiger partial charge in [-0.05, 0) is 172 Å². The summed E-state index contributed by atoms with van der Waals surface area (Å²) in [7, 11) is 0. The third-order valence-corrected chi connectivity index (χ3v) is 17.5. The monoisotopic (exact) mass is 1130 g/mol. The van der Waals surface area contributed by atoms with Gasteiger partial charge in [0.25, 0.3) is 0 Å². The molecule has 2 aliphatic heterocycles. The van der Waals surface area contributed by atoms with Crippen molar-refractivity contribution in [3.63, 3.8) is 0 Å². The summed E-state index contributed by atoms with van der Waals surface area (Å²) in [5, 5.41) is 4.52. The second kappa shape index (κ2) is 24.5. The van der Waals surface area contributed by atoms with Crippen molar-refractivity contribution in [1.82, 2.24) is 0 Å². The third kappa shape index (κ3) is 10.2. The minimum atomic E-state index is -0.389. The van der Waals surface area contributed by atoms with Crippen molar-refractivity contribution in [2.75, 3.05) is 19.6 Å². The lowest BCUT2D eigenvalue weighted by molar-refractivity contribution is 0.202. The van der Waals surface area contributed by atoms with Crippen molar-refractivity contribution in [3.05, 3.63) is 240 Å². The van der Waals surface area contributed by atoms with Crippen molar-refractivity contribution in [2.45, 2.75) is 129 Å². The highest BCUT2D eigenvalue weighted by atomic mass is 16.3. The first-order valence-corrected chi connectivity index (χ1v) is 31.5. The van der Waals surface area contributed by atoms with Gasteiger partial charge >= 0.3 is 0 Å². The van der Waals surface area contributed by atoms with E-state index in [0.29, 0.717) is 0 Å². The van der Waals surface area contributed by atoms with Crippen LogP contribution >= 0.6 is 0 Å². The predicted molar refractivity (Wildman–Crippen MR) is 370 cm³/mol. The van der Waals surface area contributed by atoms with Crippen LogP contribution in [0.3, 0.4) is 0 Å². The molecule has 12 aromatic rings. The molecule has 0 saturated heterocycles. The summed E-state index contributed by atoms with van der Waals surface area (Å²) in [5.41, 5.74) is 24.7. The van der Waals surface area contributed by atoms with Gasteiger partial charge in [0.1, 0.15) is 34.7 Å². The zero-order valence-corrected chi connectivity index (χ0v) is 53.0. The lowest BCUT2D eigenvalue weighted by Gasteiger charge is -2.49. The highest BCUT2D eigenvalue weighted by Crippen LogP contribution is 2.59. The van der Waals surface area contributed by atoms with Crippen LogP contribution in [0.25, 0.3) is 66.1 Å². The number of para-hydroxylation sites is 6. The molecule has 86 heavy (non-hydrogen) atoms. The van der Waals surface area contributed by atoms with Crippen molar-refractivity contribution < 1.29 is 8.83 Å². The Kier molecular flexibility index (Phi) is 16.8. The van der Waals surface area contributed by atoms with Gasteiger partial charge < -0.3 is 28.4 Å². The Morgan fingerprint density at radius 3 is 1.45 bits per heavy atom. The zero-order chi connectivity index (χ0) is 60.6. The fourth-order valence-electron chi connectivity index (χ4n) is 14.0. The predicted octanol–water partition coefficient (Wildman–Crippen LogP) is 23.9. The zero-order valence-electron chi connectivity index (χ0n) is 53.0. The van der Waals surface area contributed by atoms with E-state index in [9.17, 15) is 0 Å². The quantitative estimate of drug-likeness (QED) is 0.129. The number of rotatable bonds is 11. The molecule has 2 aliphatic rings. The van der Waals surface area contributed by atoms with E-state index in [2.05, 4.69) is 281 Å². The molecular weight excluding hydrogens is 1050 g/mol. The second-order valence-corrected chi connectivity index (χ2v) is 23.1. The largest absolute Gasteiger partial charge is 0.455 e. The van der Waals surface area contributed by atoms with Gasteiger partial charge in [-0.25, -0.2) is 0 Å². The first-order valence-electron chi connectivity index (χ1n) is 31.5. The first kappa shape index (κ1) is 58.8. The van der Waals surface area contributed by atoms with Gasteiger partial charge in [-0.15, -0.1) is 0 Å². The molecule has 0 fully saturated rings. The Morgan fingerprint density at radius 1 is 0.384 bits per heavy atom. The molecule has 2 aromatic heterocycles. The number of hydrogen-bond acceptors (Lipinski definition) is 6. The van der Waals surface area contributed by atoms with Gasteiger partial charge in [-0.3, -0.25) is 0 Å². The van der Waals surface area contributed by atoms with Crippen LogP contribution in [0.2, 0.25) is 0 Å². The van der Waals surface area contributed by atoms with Crippen LogP contribution in [0, 0.1) is 47.0 Å². The normalized spacial score (nSPS) is 15.0. The number of anilines is 8. The lowest BCUT2D eigenvalue weighted by Crippen LogP contribution is -2.54. The molecule has 3 atom stereocenters. The molecule has 0 N–H and O–H groups in total. The summed E-state index contributed by atoms with van der Waals surface area (Å²) in [4.78, 5) is 10.8. The molecule has 0 saturated carbocycles. The van der Waals surface area contributed by atoms with Crippen LogP contribution in [0.1, 0.15) is 108 Å². The Morgan fingerprint density at radius 2 is 0.884 bits per heavy atom. The number of benzene rings is 10. The number of fused-ring (bicyclic) bond motifs is 8. The van der Waals surface area contributed by atoms with Gasteiger partial charge in [0, 0.05) is 60.8 Å². The molecule has 436 valence electrons. The number of hydrogen-bond donors (Lipinski definition) is 0. The summed E-state index contributed by atoms with van der Waals surface area (Å²) >= 11 is 0. The molecule has 6 heteroatoms. The molecule has 3 unspecified atom stereocenters. The summed E-state index contributed by atoms with van der Waals surface area (Å²) in [6, 6.07) is 76.3. The molecule has 0 aliphatic carbocycles. The summed E-state index contributed by atoms with van der Waals surface area (Å²) in [5.74, 6) is 0. The maximum absolute atomic E-state index is 6.75. The Balaban J connectivity index is 0.00000124. The molecule has 0 amide bonds. The topological polar surface area (TPSA) is 39.2 Å². The Labute approximate surface area is 510 Å². The van der Waals surface area contributed by atoms with Crippen LogP contribution in [-0.2, 0) is 0 Å². The van der Waals surface area contributed by atoms with Crippen molar-refractivity contribution in [2.24, 2.45) is 5.41 Å². The van der Waals surface area contributed by atoms with E-state index in [1.807, 2.05) is 41.5 Å². The molecule has 10 aromatic carbocycles. The highest BCUT2D eigenvalue weighted by Gasteiger charge is 2.52. The van der Waals surface area contributed by atoms with Crippen molar-refractivity contribution in [3.8, 4) is 22.3 Å². The van der Waals surface area contributed by atoms with Gasteiger partial charge in [-0.2, -0.15) is 0 Å². The van der Waals surface area contributed by atoms with E-state index in [0.717, 1.165) is 91.1 Å². The smallest absolute Gasteiger partial charge is 0.143 e. The molecule has 0 bridgehead atoms. The van der Waals surface area contributed by atoms with Crippen molar-refractivity contribution >= 4 is 89.4 Å². The van der Waals surface area contributed by atoms with Crippen LogP contribution in [-0.4, -0.2) is 12.3 Å². The van der Waals surface area contributed by atoms with Crippen LogP contribution in [0.5, 0.6) is 0 Å². The molecule has 0 spiro atoms. The highest BCUT2D eigenvalue weighted by molar-refractivity contribution is 6.11. The standard InChI is InChI=1S/C74H66N4O2.3C2H6/c1-9-37-74(8,73-76(55-40-46(2)38-47(3)41-55)63-35-33-53(44-67(63)78(73)62-30-16-13-21-49(62)5)57-27-20-29-61-59-25-15-18-32-69(59)80-72(57)61)45-70-75(54-22-11-10-12-23-54)66-43-52(34-36-64(66)77(70)65-42-48(4)39-50(6)51(65)7)56-26-19-28-60-58-24-14-17-31-68(58)79-71(56)60;3*1-2/h10-36,38-44,70,73H,9,37,45H2,1-8H3;3*1-2H3. The fourth-order valence-corrected chi connectivity index (χ4v) is 14.0. The summed E-state index contributed by atoms with van der Waals surface area (Å²) < 4.78 is 13.5. The molecular formula is C80H84N4O2. The minimum Gasteiger partial charge on any atom is -0.455 e. The third-order valence-electron chi connectivity index (χ3n) is 17.5. The molecule has 6 nitrogen and oxygen atoms in total. The summed E-state index contributed by atoms with van der Waals surface area (Å²) in [6.45, 7) is 30.6. The Hall–Kier alpha value is -9.00. The summed E-state index contributed by atoms with van der Waals surface area (Å²) in [6.07, 6.45) is 2.44. The maximum atomic E-state index is 6.75. The van der Waals surface area contributed by atoms with Crippen LogP contribution < -0.4 is 19.6 Å². The van der Waals surface area contributed by atoms with E-state index >= 15 is 0 Å². The SMILES string of the molecule is CC.CC.CC.CCCC(C)(CC1N(c2ccccc2)c2cc(-c3cccc4c3oc3ccccc34)ccc2N1c1cc(C)cc(C)c1C)C1N(c2cc(C)cc(C)c2)c2ccc(-c3cccc4c3oc3ccccc34)cc2N1c1ccccc1C.